The van der Waals surface area contributed by atoms with Crippen molar-refractivity contribution in [3.05, 3.63) is 138 Å². The lowest BCUT2D eigenvalue weighted by Gasteiger charge is -2.23. The molecular formula is C54H66Cl2N6O10. The second kappa shape index (κ2) is 27.8. The zero-order valence-corrected chi connectivity index (χ0v) is 43.2. The summed E-state index contributed by atoms with van der Waals surface area (Å²) in [5.74, 6) is -1.67. The van der Waals surface area contributed by atoms with Crippen LogP contribution in [-0.2, 0) is 67.6 Å². The number of nitrogens with zero attached hydrogens (tertiary/aromatic N) is 4. The molecule has 0 spiro atoms. The third-order valence-electron chi connectivity index (χ3n) is 12.9. The van der Waals surface area contributed by atoms with Gasteiger partial charge in [0.05, 0.1) is 48.7 Å². The number of carbonyl (C=O) groups excluding carboxylic acids is 6. The number of unbranched alkanes of at least 4 members (excludes halogenated alkanes) is 1. The van der Waals surface area contributed by atoms with Crippen molar-refractivity contribution in [2.75, 3.05) is 94.1 Å². The number of benzene rings is 4. The van der Waals surface area contributed by atoms with Crippen molar-refractivity contribution in [3.8, 4) is 0 Å². The van der Waals surface area contributed by atoms with Crippen LogP contribution < -0.4 is 10.6 Å². The summed E-state index contributed by atoms with van der Waals surface area (Å²) in [6.07, 6.45) is 2.47. The minimum absolute atomic E-state index is 0.0999. The van der Waals surface area contributed by atoms with Crippen molar-refractivity contribution in [3.63, 3.8) is 0 Å². The van der Waals surface area contributed by atoms with Crippen molar-refractivity contribution < 1.29 is 47.7 Å². The maximum Gasteiger partial charge on any atom is 0.254 e. The average Bonchev–Trinajstić information content (AvgIpc) is 4.02. The molecule has 4 aromatic rings. The van der Waals surface area contributed by atoms with Crippen LogP contribution in [0.3, 0.4) is 0 Å². The van der Waals surface area contributed by atoms with E-state index in [2.05, 4.69) is 10.6 Å². The standard InChI is InChI=1S/C54H66Cl2N6O10/c1-69-25-21-59(22-26-70-2)53(67)47-31-41-35-61(33-39(41)29-45(47)51(65)57-19-17-37-9-13-43(55)14-10-37)49(63)7-5-6-8-50(64)62-34-40-30-46(52(66)58-20-18-38-11-15-44(56)16-12-38)48(32-42(40)36-62)54(68)60(23-27-71-3)24-28-72-4/h9-16,29-32H,5-8,17-28,33-36H2,1-4H3,(H,57,65)(H,58,66). The molecule has 6 rings (SSSR count). The Morgan fingerprint density at radius 3 is 1.10 bits per heavy atom. The predicted molar refractivity (Wildman–Crippen MR) is 274 cm³/mol. The van der Waals surface area contributed by atoms with Crippen LogP contribution in [0.15, 0.2) is 72.8 Å². The molecule has 18 heteroatoms. The number of hydrogen-bond acceptors (Lipinski definition) is 10. The monoisotopic (exact) mass is 1030 g/mol. The molecule has 72 heavy (non-hydrogen) atoms. The van der Waals surface area contributed by atoms with Crippen LogP contribution in [0.25, 0.3) is 0 Å². The number of rotatable bonds is 27. The highest BCUT2D eigenvalue weighted by Crippen LogP contribution is 2.31. The van der Waals surface area contributed by atoms with Crippen molar-refractivity contribution in [2.45, 2.75) is 64.7 Å². The zero-order chi connectivity index (χ0) is 51.6. The van der Waals surface area contributed by atoms with Crippen molar-refractivity contribution in [2.24, 2.45) is 0 Å². The molecule has 386 valence electrons. The van der Waals surface area contributed by atoms with E-state index in [0.29, 0.717) is 101 Å². The fourth-order valence-corrected chi connectivity index (χ4v) is 9.01. The molecule has 0 radical (unpaired) electrons. The SMILES string of the molecule is COCCN(CCOC)C(=O)c1cc2c(cc1C(=O)NCCc1ccc(Cl)cc1)CN(C(=O)CCCCC(=O)N1Cc3cc(C(=O)NCCc4ccc(Cl)cc4)c(C(=O)N(CCOC)CCOC)cc3C1)C2. The van der Waals surface area contributed by atoms with E-state index in [1.165, 1.54) is 0 Å². The average molecular weight is 1030 g/mol. The zero-order valence-electron chi connectivity index (χ0n) is 41.7. The van der Waals surface area contributed by atoms with Crippen LogP contribution in [0, 0.1) is 0 Å². The minimum atomic E-state index is -0.396. The summed E-state index contributed by atoms with van der Waals surface area (Å²) in [4.78, 5) is 89.9. The van der Waals surface area contributed by atoms with E-state index in [9.17, 15) is 28.8 Å². The molecule has 0 aliphatic carbocycles. The first-order valence-corrected chi connectivity index (χ1v) is 25.1. The van der Waals surface area contributed by atoms with Gasteiger partial charge in [0.1, 0.15) is 0 Å². The van der Waals surface area contributed by atoms with E-state index < -0.39 is 11.8 Å². The molecule has 0 saturated heterocycles. The molecule has 0 unspecified atom stereocenters. The second-order valence-electron chi connectivity index (χ2n) is 17.9. The summed E-state index contributed by atoms with van der Waals surface area (Å²) in [5.41, 5.74) is 6.06. The van der Waals surface area contributed by atoms with E-state index in [-0.39, 0.29) is 84.9 Å². The van der Waals surface area contributed by atoms with Gasteiger partial charge in [0, 0.05) is 117 Å². The molecule has 16 nitrogen and oxygen atoms in total. The van der Waals surface area contributed by atoms with Gasteiger partial charge in [-0.05, 0) is 108 Å². The van der Waals surface area contributed by atoms with Crippen LogP contribution in [0.2, 0.25) is 10.0 Å². The summed E-state index contributed by atoms with van der Waals surface area (Å²) in [7, 11) is 6.23. The van der Waals surface area contributed by atoms with Crippen LogP contribution in [0.5, 0.6) is 0 Å². The second-order valence-corrected chi connectivity index (χ2v) is 18.7. The number of hydrogen-bond donors (Lipinski definition) is 2. The maximum atomic E-state index is 14.1. The Kier molecular flexibility index (Phi) is 21.4. The van der Waals surface area contributed by atoms with E-state index in [1.807, 2.05) is 24.3 Å². The number of ether oxygens (including phenoxy) is 4. The molecule has 0 saturated carbocycles. The summed E-state index contributed by atoms with van der Waals surface area (Å²) in [5, 5.41) is 7.19. The first-order chi connectivity index (χ1) is 34.8. The maximum absolute atomic E-state index is 14.1. The molecule has 2 aliphatic heterocycles. The number of carbonyl (C=O) groups is 6. The minimum Gasteiger partial charge on any atom is -0.383 e. The molecule has 6 amide bonds. The summed E-state index contributed by atoms with van der Waals surface area (Å²) >= 11 is 12.1. The van der Waals surface area contributed by atoms with Gasteiger partial charge in [0.15, 0.2) is 0 Å². The molecule has 2 N–H and O–H groups in total. The molecular weight excluding hydrogens is 964 g/mol. The first-order valence-electron chi connectivity index (χ1n) is 24.3. The topological polar surface area (TPSA) is 176 Å². The third-order valence-corrected chi connectivity index (χ3v) is 13.4. The van der Waals surface area contributed by atoms with Crippen LogP contribution in [-0.4, -0.2) is 149 Å². The lowest BCUT2D eigenvalue weighted by atomic mass is 9.98. The molecule has 0 atom stereocenters. The van der Waals surface area contributed by atoms with E-state index in [1.54, 1.807) is 96.6 Å². The van der Waals surface area contributed by atoms with Gasteiger partial charge >= 0.3 is 0 Å². The fraction of sp³-hybridized carbons (Fsp3) is 0.444. The van der Waals surface area contributed by atoms with Crippen molar-refractivity contribution in [1.29, 1.82) is 0 Å². The largest absolute Gasteiger partial charge is 0.383 e. The normalized spacial score (nSPS) is 12.6. The number of halogens is 2. The highest BCUT2D eigenvalue weighted by atomic mass is 35.5. The van der Waals surface area contributed by atoms with Gasteiger partial charge in [-0.15, -0.1) is 0 Å². The third kappa shape index (κ3) is 15.3. The highest BCUT2D eigenvalue weighted by Gasteiger charge is 2.32. The lowest BCUT2D eigenvalue weighted by molar-refractivity contribution is -0.133. The lowest BCUT2D eigenvalue weighted by Crippen LogP contribution is -2.38. The molecule has 4 aromatic carbocycles. The molecule has 0 fully saturated rings. The van der Waals surface area contributed by atoms with Gasteiger partial charge in [-0.1, -0.05) is 47.5 Å². The number of nitrogens with one attached hydrogen (secondary N) is 2. The van der Waals surface area contributed by atoms with Crippen molar-refractivity contribution >= 4 is 58.6 Å². The van der Waals surface area contributed by atoms with Gasteiger partial charge in [0.25, 0.3) is 23.6 Å². The Balaban J connectivity index is 1.08. The van der Waals surface area contributed by atoms with Crippen LogP contribution in [0.4, 0.5) is 0 Å². The van der Waals surface area contributed by atoms with Gasteiger partial charge in [-0.3, -0.25) is 28.8 Å². The van der Waals surface area contributed by atoms with Crippen molar-refractivity contribution in [1.82, 2.24) is 30.2 Å². The molecule has 0 bridgehead atoms. The highest BCUT2D eigenvalue weighted by molar-refractivity contribution is 6.30. The summed E-state index contributed by atoms with van der Waals surface area (Å²) in [6, 6.07) is 21.7. The van der Waals surface area contributed by atoms with Gasteiger partial charge in [0.2, 0.25) is 11.8 Å². The Labute approximate surface area is 432 Å². The van der Waals surface area contributed by atoms with E-state index in [0.717, 1.165) is 33.4 Å². The predicted octanol–water partition coefficient (Wildman–Crippen LogP) is 6.35. The summed E-state index contributed by atoms with van der Waals surface area (Å²) in [6.45, 7) is 4.14. The van der Waals surface area contributed by atoms with Crippen LogP contribution >= 0.6 is 23.2 Å². The van der Waals surface area contributed by atoms with Gasteiger partial charge in [-0.25, -0.2) is 0 Å². The van der Waals surface area contributed by atoms with Gasteiger partial charge in [-0.2, -0.15) is 0 Å². The van der Waals surface area contributed by atoms with Crippen LogP contribution in [0.1, 0.15) is 100 Å². The Bertz CT molecular complexity index is 2340. The molecule has 2 heterocycles. The summed E-state index contributed by atoms with van der Waals surface area (Å²) < 4.78 is 21.1. The fourth-order valence-electron chi connectivity index (χ4n) is 8.76. The number of amides is 6. The Morgan fingerprint density at radius 1 is 0.486 bits per heavy atom. The van der Waals surface area contributed by atoms with E-state index >= 15 is 0 Å². The smallest absolute Gasteiger partial charge is 0.254 e. The Hall–Kier alpha value is -5.88. The number of fused-ring (bicyclic) bond motifs is 2. The number of methoxy groups -OCH3 is 4. The molecule has 2 aliphatic rings. The van der Waals surface area contributed by atoms with Gasteiger partial charge < -0.3 is 49.2 Å². The molecule has 0 aromatic heterocycles. The van der Waals surface area contributed by atoms with E-state index in [4.69, 9.17) is 42.1 Å². The Morgan fingerprint density at radius 2 is 0.792 bits per heavy atom. The quantitative estimate of drug-likeness (QED) is 0.0641. The first kappa shape index (κ1) is 55.4.